The van der Waals surface area contributed by atoms with Gasteiger partial charge >= 0.3 is 0 Å². The molecule has 1 heterocycles. The molecule has 3 rings (SSSR count). The van der Waals surface area contributed by atoms with Gasteiger partial charge in [-0.25, -0.2) is 0 Å². The lowest BCUT2D eigenvalue weighted by Crippen LogP contribution is -2.43. The van der Waals surface area contributed by atoms with Gasteiger partial charge in [0.2, 0.25) is 5.91 Å². The van der Waals surface area contributed by atoms with Crippen molar-refractivity contribution in [1.29, 1.82) is 0 Å². The summed E-state index contributed by atoms with van der Waals surface area (Å²) in [5, 5.41) is 3.02. The SMILES string of the molecule is CCCCOc1ccc(OC)cc1NC(=O)C1CCCN(C(=O)c2cc(C)cc(C)c2)C1. The van der Waals surface area contributed by atoms with Crippen molar-refractivity contribution in [3.8, 4) is 11.5 Å². The average molecular weight is 439 g/mol. The number of piperidine rings is 1. The molecule has 172 valence electrons. The van der Waals surface area contributed by atoms with Crippen molar-refractivity contribution in [2.24, 2.45) is 5.92 Å². The average Bonchev–Trinajstić information content (AvgIpc) is 2.79. The fourth-order valence-corrected chi connectivity index (χ4v) is 4.08. The maximum absolute atomic E-state index is 13.1. The quantitative estimate of drug-likeness (QED) is 0.590. The van der Waals surface area contributed by atoms with Gasteiger partial charge in [-0.3, -0.25) is 9.59 Å². The number of nitrogens with one attached hydrogen (secondary N) is 1. The van der Waals surface area contributed by atoms with E-state index in [0.717, 1.165) is 36.8 Å². The number of methoxy groups -OCH3 is 1. The topological polar surface area (TPSA) is 67.9 Å². The molecule has 32 heavy (non-hydrogen) atoms. The maximum Gasteiger partial charge on any atom is 0.253 e. The molecular weight excluding hydrogens is 404 g/mol. The van der Waals surface area contributed by atoms with Crippen LogP contribution in [0.15, 0.2) is 36.4 Å². The first-order valence-corrected chi connectivity index (χ1v) is 11.4. The number of carbonyl (C=O) groups is 2. The molecule has 1 aliphatic heterocycles. The molecule has 1 aliphatic rings. The number of anilines is 1. The van der Waals surface area contributed by atoms with E-state index in [1.165, 1.54) is 0 Å². The summed E-state index contributed by atoms with van der Waals surface area (Å²) in [6.45, 7) is 7.75. The highest BCUT2D eigenvalue weighted by molar-refractivity contribution is 5.97. The molecule has 1 unspecified atom stereocenters. The number of unbranched alkanes of at least 4 members (excludes halogenated alkanes) is 1. The van der Waals surface area contributed by atoms with Crippen LogP contribution in [-0.2, 0) is 4.79 Å². The fourth-order valence-electron chi connectivity index (χ4n) is 4.08. The number of carbonyl (C=O) groups excluding carboxylic acids is 2. The van der Waals surface area contributed by atoms with Gasteiger partial charge in [0.1, 0.15) is 11.5 Å². The summed E-state index contributed by atoms with van der Waals surface area (Å²) >= 11 is 0. The minimum atomic E-state index is -0.270. The fraction of sp³-hybridized carbons (Fsp3) is 0.462. The van der Waals surface area contributed by atoms with E-state index in [4.69, 9.17) is 9.47 Å². The number of likely N-dealkylation sites (tertiary alicyclic amines) is 1. The van der Waals surface area contributed by atoms with Crippen molar-refractivity contribution in [2.45, 2.75) is 46.5 Å². The molecule has 1 fully saturated rings. The van der Waals surface area contributed by atoms with Crippen molar-refractivity contribution in [3.05, 3.63) is 53.1 Å². The lowest BCUT2D eigenvalue weighted by Gasteiger charge is -2.32. The molecule has 1 N–H and O–H groups in total. The Morgan fingerprint density at radius 1 is 1.12 bits per heavy atom. The summed E-state index contributed by atoms with van der Waals surface area (Å²) in [4.78, 5) is 28.0. The summed E-state index contributed by atoms with van der Waals surface area (Å²) in [7, 11) is 1.59. The molecule has 0 aliphatic carbocycles. The number of nitrogens with zero attached hydrogens (tertiary/aromatic N) is 1. The monoisotopic (exact) mass is 438 g/mol. The number of aryl methyl sites for hydroxylation is 2. The molecule has 2 amide bonds. The van der Waals surface area contributed by atoms with Gasteiger partial charge in [-0.15, -0.1) is 0 Å². The number of benzene rings is 2. The van der Waals surface area contributed by atoms with Gasteiger partial charge in [0.25, 0.3) is 5.91 Å². The van der Waals surface area contributed by atoms with Crippen molar-refractivity contribution < 1.29 is 19.1 Å². The van der Waals surface area contributed by atoms with Gasteiger partial charge in [0, 0.05) is 24.7 Å². The van der Waals surface area contributed by atoms with Crippen molar-refractivity contribution in [2.75, 3.05) is 32.1 Å². The van der Waals surface area contributed by atoms with E-state index in [0.29, 0.717) is 42.4 Å². The zero-order valence-corrected chi connectivity index (χ0v) is 19.6. The Balaban J connectivity index is 1.70. The molecule has 1 saturated heterocycles. The standard InChI is InChI=1S/C26H34N2O4/c1-5-6-12-32-24-10-9-22(31-4)16-23(24)27-25(29)20-8-7-11-28(17-20)26(30)21-14-18(2)13-19(3)15-21/h9-10,13-16,20H,5-8,11-12,17H2,1-4H3,(H,27,29). The molecule has 2 aromatic carbocycles. The normalized spacial score (nSPS) is 15.9. The lowest BCUT2D eigenvalue weighted by molar-refractivity contribution is -0.121. The van der Waals surface area contributed by atoms with E-state index in [1.807, 2.05) is 38.1 Å². The van der Waals surface area contributed by atoms with E-state index in [2.05, 4.69) is 18.3 Å². The summed E-state index contributed by atoms with van der Waals surface area (Å²) in [6, 6.07) is 11.3. The number of ether oxygens (including phenoxy) is 2. The zero-order valence-electron chi connectivity index (χ0n) is 19.6. The van der Waals surface area contributed by atoms with Crippen molar-refractivity contribution in [3.63, 3.8) is 0 Å². The van der Waals surface area contributed by atoms with Crippen LogP contribution < -0.4 is 14.8 Å². The van der Waals surface area contributed by atoms with Gasteiger partial charge in [0.15, 0.2) is 0 Å². The Kier molecular flexibility index (Phi) is 8.14. The van der Waals surface area contributed by atoms with Crippen LogP contribution in [-0.4, -0.2) is 43.5 Å². The largest absolute Gasteiger partial charge is 0.497 e. The predicted molar refractivity (Wildman–Crippen MR) is 127 cm³/mol. The van der Waals surface area contributed by atoms with Gasteiger partial charge in [0.05, 0.1) is 25.3 Å². The summed E-state index contributed by atoms with van der Waals surface area (Å²) in [5.41, 5.74) is 3.41. The van der Waals surface area contributed by atoms with E-state index in [1.54, 1.807) is 18.1 Å². The molecule has 0 radical (unpaired) electrons. The Labute approximate surface area is 190 Å². The third-order valence-corrected chi connectivity index (χ3v) is 5.75. The highest BCUT2D eigenvalue weighted by atomic mass is 16.5. The second kappa shape index (κ2) is 11.0. The smallest absolute Gasteiger partial charge is 0.253 e. The molecule has 1 atom stereocenters. The molecular formula is C26H34N2O4. The molecule has 2 aromatic rings. The lowest BCUT2D eigenvalue weighted by atomic mass is 9.96. The summed E-state index contributed by atoms with van der Waals surface area (Å²) in [5.74, 6) is 0.897. The van der Waals surface area contributed by atoms with Crippen LogP contribution in [0.5, 0.6) is 11.5 Å². The minimum absolute atomic E-state index is 0.0146. The van der Waals surface area contributed by atoms with Gasteiger partial charge in [-0.05, 0) is 57.4 Å². The Hall–Kier alpha value is -3.02. The third-order valence-electron chi connectivity index (χ3n) is 5.75. The van der Waals surface area contributed by atoms with Crippen molar-refractivity contribution in [1.82, 2.24) is 4.90 Å². The van der Waals surface area contributed by atoms with E-state index < -0.39 is 0 Å². The van der Waals surface area contributed by atoms with Crippen LogP contribution in [0.2, 0.25) is 0 Å². The van der Waals surface area contributed by atoms with Crippen LogP contribution in [0, 0.1) is 19.8 Å². The Bertz CT molecular complexity index is 937. The van der Waals surface area contributed by atoms with Gasteiger partial charge in [-0.2, -0.15) is 0 Å². The summed E-state index contributed by atoms with van der Waals surface area (Å²) < 4.78 is 11.2. The highest BCUT2D eigenvalue weighted by Crippen LogP contribution is 2.31. The van der Waals surface area contributed by atoms with Crippen LogP contribution in [0.1, 0.15) is 54.1 Å². The first-order valence-electron chi connectivity index (χ1n) is 11.4. The molecule has 6 nitrogen and oxygen atoms in total. The summed E-state index contributed by atoms with van der Waals surface area (Å²) in [6.07, 6.45) is 3.52. The van der Waals surface area contributed by atoms with E-state index in [-0.39, 0.29) is 17.7 Å². The third kappa shape index (κ3) is 6.02. The molecule has 6 heteroatoms. The van der Waals surface area contributed by atoms with Crippen LogP contribution >= 0.6 is 0 Å². The van der Waals surface area contributed by atoms with E-state index >= 15 is 0 Å². The molecule has 0 spiro atoms. The van der Waals surface area contributed by atoms with E-state index in [9.17, 15) is 9.59 Å². The van der Waals surface area contributed by atoms with Crippen molar-refractivity contribution >= 4 is 17.5 Å². The second-order valence-corrected chi connectivity index (χ2v) is 8.52. The predicted octanol–water partition coefficient (Wildman–Crippen LogP) is 4.98. The number of rotatable bonds is 8. The minimum Gasteiger partial charge on any atom is -0.497 e. The van der Waals surface area contributed by atoms with Crippen LogP contribution in [0.25, 0.3) is 0 Å². The second-order valence-electron chi connectivity index (χ2n) is 8.52. The number of hydrogen-bond donors (Lipinski definition) is 1. The first kappa shape index (κ1) is 23.6. The molecule has 0 aromatic heterocycles. The first-order chi connectivity index (χ1) is 15.4. The van der Waals surface area contributed by atoms with Crippen LogP contribution in [0.4, 0.5) is 5.69 Å². The molecule has 0 saturated carbocycles. The number of amides is 2. The molecule has 0 bridgehead atoms. The number of hydrogen-bond acceptors (Lipinski definition) is 4. The Morgan fingerprint density at radius 2 is 1.88 bits per heavy atom. The van der Waals surface area contributed by atoms with Gasteiger partial charge in [-0.1, -0.05) is 30.5 Å². The Morgan fingerprint density at radius 3 is 2.56 bits per heavy atom. The zero-order chi connectivity index (χ0) is 23.1. The highest BCUT2D eigenvalue weighted by Gasteiger charge is 2.29. The van der Waals surface area contributed by atoms with Gasteiger partial charge < -0.3 is 19.7 Å². The van der Waals surface area contributed by atoms with Crippen LogP contribution in [0.3, 0.4) is 0 Å². The maximum atomic E-state index is 13.1.